The van der Waals surface area contributed by atoms with Crippen LogP contribution in [-0.4, -0.2) is 34.8 Å². The summed E-state index contributed by atoms with van der Waals surface area (Å²) in [5, 5.41) is 13.7. The van der Waals surface area contributed by atoms with E-state index in [9.17, 15) is 14.4 Å². The van der Waals surface area contributed by atoms with Crippen LogP contribution in [-0.2, 0) is 16.1 Å². The fraction of sp³-hybridized carbons (Fsp3) is 0.353. The van der Waals surface area contributed by atoms with Crippen LogP contribution in [0.5, 0.6) is 0 Å². The quantitative estimate of drug-likeness (QED) is 0.849. The number of aromatic carboxylic acids is 1. The molecule has 1 saturated heterocycles. The number of likely N-dealkylation sites (tertiary alicyclic amines) is 1. The maximum atomic E-state index is 12.6. The number of hydrogen-bond donors (Lipinski definition) is 2. The average Bonchev–Trinajstić information content (AvgIpc) is 3.26. The lowest BCUT2D eigenvalue weighted by Crippen LogP contribution is -2.33. The molecule has 7 nitrogen and oxygen atoms in total. The van der Waals surface area contributed by atoms with E-state index in [0.29, 0.717) is 11.5 Å². The van der Waals surface area contributed by atoms with Crippen molar-refractivity contribution in [1.29, 1.82) is 0 Å². The van der Waals surface area contributed by atoms with Gasteiger partial charge >= 0.3 is 5.97 Å². The lowest BCUT2D eigenvalue weighted by molar-refractivity contribution is -0.128. The number of amides is 2. The first kappa shape index (κ1) is 17.2. The van der Waals surface area contributed by atoms with E-state index in [-0.39, 0.29) is 36.4 Å². The predicted molar refractivity (Wildman–Crippen MR) is 90.2 cm³/mol. The summed E-state index contributed by atoms with van der Waals surface area (Å²) in [6.07, 6.45) is 0.155. The monoisotopic (exact) mass is 362 g/mol. The zero-order valence-electron chi connectivity index (χ0n) is 13.8. The van der Waals surface area contributed by atoms with Crippen LogP contribution in [0.2, 0.25) is 0 Å². The van der Waals surface area contributed by atoms with E-state index in [1.807, 2.05) is 17.5 Å². The third-order valence-electron chi connectivity index (χ3n) is 4.39. The molecular formula is C17H18N2O5S. The number of carboxylic acids is 1. The van der Waals surface area contributed by atoms with Crippen LogP contribution in [0.1, 0.15) is 39.2 Å². The summed E-state index contributed by atoms with van der Waals surface area (Å²) in [6, 6.07) is 4.94. The largest absolute Gasteiger partial charge is 0.478 e. The molecule has 0 aromatic carbocycles. The van der Waals surface area contributed by atoms with Crippen molar-refractivity contribution in [2.75, 3.05) is 7.05 Å². The van der Waals surface area contributed by atoms with Gasteiger partial charge in [-0.3, -0.25) is 9.59 Å². The van der Waals surface area contributed by atoms with E-state index in [4.69, 9.17) is 9.52 Å². The summed E-state index contributed by atoms with van der Waals surface area (Å²) in [6.45, 7) is 1.64. The molecule has 0 radical (unpaired) electrons. The molecule has 0 unspecified atom stereocenters. The number of carboxylic acid groups (broad SMARTS) is 1. The number of carbonyl (C=O) groups excluding carboxylic acids is 2. The second-order valence-corrected chi connectivity index (χ2v) is 6.96. The summed E-state index contributed by atoms with van der Waals surface area (Å²) in [7, 11) is 1.70. The van der Waals surface area contributed by atoms with Gasteiger partial charge in [0.15, 0.2) is 0 Å². The molecule has 2 amide bonds. The van der Waals surface area contributed by atoms with Crippen LogP contribution < -0.4 is 5.32 Å². The van der Waals surface area contributed by atoms with E-state index in [0.717, 1.165) is 4.88 Å². The van der Waals surface area contributed by atoms with Crippen LogP contribution in [0.25, 0.3) is 0 Å². The highest BCUT2D eigenvalue weighted by Crippen LogP contribution is 2.39. The van der Waals surface area contributed by atoms with E-state index in [1.165, 1.54) is 17.4 Å². The van der Waals surface area contributed by atoms with Gasteiger partial charge in [-0.05, 0) is 24.4 Å². The number of carbonyl (C=O) groups is 3. The Bertz CT molecular complexity index is 811. The van der Waals surface area contributed by atoms with Crippen molar-refractivity contribution in [2.45, 2.75) is 25.9 Å². The minimum Gasteiger partial charge on any atom is -0.478 e. The first-order valence-electron chi connectivity index (χ1n) is 7.78. The van der Waals surface area contributed by atoms with Crippen molar-refractivity contribution in [3.8, 4) is 0 Å². The van der Waals surface area contributed by atoms with Crippen molar-refractivity contribution < 1.29 is 23.9 Å². The summed E-state index contributed by atoms with van der Waals surface area (Å²) in [4.78, 5) is 38.3. The average molecular weight is 362 g/mol. The Morgan fingerprint density at radius 2 is 2.24 bits per heavy atom. The topological polar surface area (TPSA) is 99.9 Å². The highest BCUT2D eigenvalue weighted by atomic mass is 32.1. The normalized spacial score (nSPS) is 20.1. The summed E-state index contributed by atoms with van der Waals surface area (Å²) < 4.78 is 5.36. The predicted octanol–water partition coefficient (Wildman–Crippen LogP) is 2.18. The third kappa shape index (κ3) is 3.30. The Labute approximate surface area is 148 Å². The highest BCUT2D eigenvalue weighted by molar-refractivity contribution is 7.10. The van der Waals surface area contributed by atoms with Gasteiger partial charge in [-0.15, -0.1) is 11.3 Å². The third-order valence-corrected chi connectivity index (χ3v) is 5.34. The molecule has 1 fully saturated rings. The van der Waals surface area contributed by atoms with Crippen molar-refractivity contribution >= 4 is 29.1 Å². The fourth-order valence-electron chi connectivity index (χ4n) is 3.10. The zero-order valence-corrected chi connectivity index (χ0v) is 14.6. The van der Waals surface area contributed by atoms with Gasteiger partial charge in [-0.25, -0.2) is 4.79 Å². The van der Waals surface area contributed by atoms with Gasteiger partial charge in [-0.1, -0.05) is 6.07 Å². The van der Waals surface area contributed by atoms with Gasteiger partial charge in [0.1, 0.15) is 17.1 Å². The van der Waals surface area contributed by atoms with Crippen molar-refractivity contribution in [3.63, 3.8) is 0 Å². The van der Waals surface area contributed by atoms with Crippen LogP contribution in [0.3, 0.4) is 0 Å². The van der Waals surface area contributed by atoms with E-state index in [1.54, 1.807) is 18.9 Å². The Balaban J connectivity index is 1.71. The molecule has 132 valence electrons. The smallest absolute Gasteiger partial charge is 0.339 e. The van der Waals surface area contributed by atoms with Gasteiger partial charge in [0.25, 0.3) is 0 Å². The van der Waals surface area contributed by atoms with Gasteiger partial charge in [0.2, 0.25) is 11.8 Å². The number of hydrogen-bond acceptors (Lipinski definition) is 5. The van der Waals surface area contributed by atoms with Gasteiger partial charge in [0.05, 0.1) is 18.5 Å². The molecule has 3 heterocycles. The molecular weight excluding hydrogens is 344 g/mol. The summed E-state index contributed by atoms with van der Waals surface area (Å²) >= 11 is 1.51. The molecule has 2 atom stereocenters. The van der Waals surface area contributed by atoms with Gasteiger partial charge in [-0.2, -0.15) is 0 Å². The second-order valence-electron chi connectivity index (χ2n) is 5.98. The van der Waals surface area contributed by atoms with Crippen LogP contribution >= 0.6 is 11.3 Å². The molecule has 0 spiro atoms. The molecule has 2 aromatic rings. The molecule has 25 heavy (non-hydrogen) atoms. The number of rotatable bonds is 5. The van der Waals surface area contributed by atoms with Crippen molar-refractivity contribution in [3.05, 3.63) is 45.5 Å². The Kier molecular flexibility index (Phi) is 4.63. The lowest BCUT2D eigenvalue weighted by atomic mass is 9.98. The summed E-state index contributed by atoms with van der Waals surface area (Å²) in [5.41, 5.74) is 0.0801. The van der Waals surface area contributed by atoms with Crippen LogP contribution in [0.4, 0.5) is 0 Å². The number of nitrogens with zero attached hydrogens (tertiary/aromatic N) is 1. The van der Waals surface area contributed by atoms with Gasteiger partial charge in [0, 0.05) is 18.3 Å². The lowest BCUT2D eigenvalue weighted by Gasteiger charge is -2.23. The van der Waals surface area contributed by atoms with E-state index < -0.39 is 11.9 Å². The number of thiophene rings is 1. The molecule has 8 heteroatoms. The molecule has 0 bridgehead atoms. The van der Waals surface area contributed by atoms with Crippen molar-refractivity contribution in [2.24, 2.45) is 5.92 Å². The maximum Gasteiger partial charge on any atom is 0.339 e. The molecule has 2 aromatic heterocycles. The van der Waals surface area contributed by atoms with Crippen LogP contribution in [0, 0.1) is 12.8 Å². The number of aryl methyl sites for hydroxylation is 1. The number of furan rings is 1. The fourth-order valence-corrected chi connectivity index (χ4v) is 4.04. The SMILES string of the molecule is Cc1oc(CNC(=O)[C@@H]2CC(=O)N(C)[C@H]2c2cccs2)cc1C(=O)O. The molecule has 0 saturated carbocycles. The molecule has 1 aliphatic heterocycles. The van der Waals surface area contributed by atoms with E-state index in [2.05, 4.69) is 5.32 Å². The van der Waals surface area contributed by atoms with Crippen LogP contribution in [0.15, 0.2) is 28.0 Å². The Hall–Kier alpha value is -2.61. The Morgan fingerprint density at radius 1 is 1.48 bits per heavy atom. The minimum atomic E-state index is -1.07. The Morgan fingerprint density at radius 3 is 2.84 bits per heavy atom. The second kappa shape index (κ2) is 6.72. The number of nitrogens with one attached hydrogen (secondary N) is 1. The van der Waals surface area contributed by atoms with Crippen molar-refractivity contribution in [1.82, 2.24) is 10.2 Å². The first-order chi connectivity index (χ1) is 11.9. The van der Waals surface area contributed by atoms with Gasteiger partial charge < -0.3 is 19.7 Å². The zero-order chi connectivity index (χ0) is 18.1. The molecule has 0 aliphatic carbocycles. The maximum absolute atomic E-state index is 12.6. The molecule has 1 aliphatic rings. The molecule has 3 rings (SSSR count). The highest BCUT2D eigenvalue weighted by Gasteiger charge is 2.43. The standard InChI is InChI=1S/C17H18N2O5S/c1-9-11(17(22)23)6-10(24-9)8-18-16(21)12-7-14(20)19(2)15(12)13-4-3-5-25-13/h3-6,12,15H,7-8H2,1-2H3,(H,18,21)(H,22,23)/t12-,15-/m1/s1. The van der Waals surface area contributed by atoms with E-state index >= 15 is 0 Å². The first-order valence-corrected chi connectivity index (χ1v) is 8.66. The minimum absolute atomic E-state index is 0.0689. The molecule has 2 N–H and O–H groups in total. The summed E-state index contributed by atoms with van der Waals surface area (Å²) in [5.74, 6) is -1.20.